The number of halogens is 1. The number of quaternary nitrogens is 1. The number of anilines is 1. The SMILES string of the molecule is O=C(O)c1ccc(N[N+](O)(O)C2=C[B]C(c3ccc(-c4ccc(F)cc4)cc3)=N2)c(C2CCC2)c1. The zero-order valence-corrected chi connectivity index (χ0v) is 18.7. The first kappa shape index (κ1) is 23.0. The molecule has 35 heavy (non-hydrogen) atoms. The van der Waals surface area contributed by atoms with E-state index in [0.717, 1.165) is 41.5 Å². The van der Waals surface area contributed by atoms with Gasteiger partial charge in [0.05, 0.1) is 16.2 Å². The second-order valence-corrected chi connectivity index (χ2v) is 8.72. The van der Waals surface area contributed by atoms with E-state index in [1.54, 1.807) is 31.5 Å². The van der Waals surface area contributed by atoms with Crippen LogP contribution in [0.25, 0.3) is 11.1 Å². The Bertz CT molecular complexity index is 1330. The molecule has 3 aromatic rings. The Hall–Kier alpha value is -3.79. The average molecular weight is 471 g/mol. The molecule has 1 aliphatic heterocycles. The molecule has 0 atom stereocenters. The third-order valence-electron chi connectivity index (χ3n) is 6.42. The fourth-order valence-corrected chi connectivity index (χ4v) is 4.24. The van der Waals surface area contributed by atoms with Crippen molar-refractivity contribution in [2.75, 3.05) is 5.43 Å². The molecule has 0 aromatic heterocycles. The summed E-state index contributed by atoms with van der Waals surface area (Å²) >= 11 is 0. The van der Waals surface area contributed by atoms with Gasteiger partial charge in [-0.15, -0.1) is 10.4 Å². The summed E-state index contributed by atoms with van der Waals surface area (Å²) in [6.45, 7) is 0. The van der Waals surface area contributed by atoms with Gasteiger partial charge in [0.1, 0.15) is 5.82 Å². The predicted octanol–water partition coefficient (Wildman–Crippen LogP) is 5.34. The molecule has 0 bridgehead atoms. The van der Waals surface area contributed by atoms with Crippen LogP contribution in [-0.4, -0.2) is 39.3 Å². The Morgan fingerprint density at radius 2 is 1.60 bits per heavy atom. The zero-order chi connectivity index (χ0) is 24.6. The van der Waals surface area contributed by atoms with Gasteiger partial charge in [-0.1, -0.05) is 42.8 Å². The van der Waals surface area contributed by atoms with Crippen LogP contribution in [0.5, 0.6) is 0 Å². The summed E-state index contributed by atoms with van der Waals surface area (Å²) in [5.41, 5.74) is 7.16. The minimum absolute atomic E-state index is 0.0375. The molecule has 9 heteroatoms. The summed E-state index contributed by atoms with van der Waals surface area (Å²) in [4.78, 5) is 14.1. The summed E-state index contributed by atoms with van der Waals surface area (Å²) in [6.07, 6.45) is 2.88. The van der Waals surface area contributed by atoms with E-state index < -0.39 is 10.9 Å². The maximum atomic E-state index is 13.2. The third-order valence-corrected chi connectivity index (χ3v) is 6.42. The van der Waals surface area contributed by atoms with Crippen molar-refractivity contribution < 1.29 is 29.6 Å². The average Bonchev–Trinajstić information content (AvgIpc) is 3.31. The van der Waals surface area contributed by atoms with Crippen molar-refractivity contribution in [1.29, 1.82) is 0 Å². The van der Waals surface area contributed by atoms with Gasteiger partial charge in [-0.05, 0) is 77.3 Å². The lowest BCUT2D eigenvalue weighted by Crippen LogP contribution is -2.45. The number of benzene rings is 3. The summed E-state index contributed by atoms with van der Waals surface area (Å²) in [6, 6.07) is 18.3. The van der Waals surface area contributed by atoms with E-state index in [9.17, 15) is 24.7 Å². The van der Waals surface area contributed by atoms with Crippen LogP contribution < -0.4 is 5.43 Å². The van der Waals surface area contributed by atoms with E-state index in [4.69, 9.17) is 0 Å². The molecular formula is C26H23BFN3O4+. The van der Waals surface area contributed by atoms with Gasteiger partial charge < -0.3 is 5.11 Å². The van der Waals surface area contributed by atoms with E-state index in [0.29, 0.717) is 11.3 Å². The number of aliphatic imine (C=N–C) groups is 1. The number of aromatic carboxylic acids is 1. The molecule has 0 amide bonds. The Morgan fingerprint density at radius 1 is 0.971 bits per heavy atom. The van der Waals surface area contributed by atoms with Gasteiger partial charge in [-0.3, -0.25) is 0 Å². The van der Waals surface area contributed by atoms with E-state index >= 15 is 0 Å². The summed E-state index contributed by atoms with van der Waals surface area (Å²) in [5, 5.41) is 30.9. The van der Waals surface area contributed by atoms with Crippen molar-refractivity contribution in [3.05, 3.63) is 101 Å². The number of carboxylic acid groups (broad SMARTS) is 1. The largest absolute Gasteiger partial charge is 0.478 e. The maximum Gasteiger partial charge on any atom is 0.335 e. The Labute approximate surface area is 202 Å². The van der Waals surface area contributed by atoms with Gasteiger partial charge in [0, 0.05) is 5.61 Å². The van der Waals surface area contributed by atoms with Crippen molar-refractivity contribution in [3.63, 3.8) is 0 Å². The van der Waals surface area contributed by atoms with Crippen LogP contribution in [0, 0.1) is 5.82 Å². The molecule has 2 aliphatic rings. The van der Waals surface area contributed by atoms with Crippen molar-refractivity contribution in [2.24, 2.45) is 4.99 Å². The number of carbonyl (C=O) groups is 1. The van der Waals surface area contributed by atoms with Crippen LogP contribution in [0.1, 0.15) is 46.7 Å². The van der Waals surface area contributed by atoms with Gasteiger partial charge in [-0.2, -0.15) is 5.43 Å². The standard InChI is InChI=1S/C26H22BFN3O4/c28-21-11-8-17(9-12-21)16-4-6-19(7-5-16)25-27-15-24(29-25)31(34,35)30-23-13-10-20(26(32)33)14-22(23)18-2-1-3-18/h4-15,18,30,34-35H,1-3H2/p+1. The van der Waals surface area contributed by atoms with Crippen LogP contribution in [0.4, 0.5) is 10.1 Å². The van der Waals surface area contributed by atoms with E-state index in [2.05, 4.69) is 10.4 Å². The van der Waals surface area contributed by atoms with Gasteiger partial charge in [0.25, 0.3) is 0 Å². The number of nitrogens with zero attached hydrogens (tertiary/aromatic N) is 2. The quantitative estimate of drug-likeness (QED) is 0.212. The molecule has 1 fully saturated rings. The highest BCUT2D eigenvalue weighted by Crippen LogP contribution is 2.41. The zero-order valence-electron chi connectivity index (χ0n) is 18.7. The number of hydroxylamine groups is 2. The normalized spacial score (nSPS) is 15.6. The van der Waals surface area contributed by atoms with Crippen LogP contribution in [-0.2, 0) is 0 Å². The Kier molecular flexibility index (Phi) is 5.98. The first-order valence-electron chi connectivity index (χ1n) is 11.3. The molecule has 3 aromatic carbocycles. The summed E-state index contributed by atoms with van der Waals surface area (Å²) in [5.74, 6) is 0.313. The second-order valence-electron chi connectivity index (χ2n) is 8.72. The third kappa shape index (κ3) is 4.74. The van der Waals surface area contributed by atoms with Crippen LogP contribution >= 0.6 is 0 Å². The van der Waals surface area contributed by atoms with E-state index in [-0.39, 0.29) is 23.1 Å². The lowest BCUT2D eigenvalue weighted by atomic mass is 9.71. The highest BCUT2D eigenvalue weighted by atomic mass is 19.1. The van der Waals surface area contributed by atoms with Gasteiger partial charge in [0.15, 0.2) is 0 Å². The van der Waals surface area contributed by atoms with E-state index in [1.807, 2.05) is 24.3 Å². The number of rotatable bonds is 7. The first-order valence-corrected chi connectivity index (χ1v) is 11.3. The first-order chi connectivity index (χ1) is 16.8. The number of nitrogens with one attached hydrogen (secondary N) is 1. The minimum atomic E-state index is -1.68. The van der Waals surface area contributed by atoms with Gasteiger partial charge >= 0.3 is 11.8 Å². The molecular weight excluding hydrogens is 448 g/mol. The van der Waals surface area contributed by atoms with Gasteiger partial charge in [-0.25, -0.2) is 14.2 Å². The van der Waals surface area contributed by atoms with Crippen molar-refractivity contribution in [2.45, 2.75) is 25.2 Å². The van der Waals surface area contributed by atoms with Crippen molar-refractivity contribution >= 4 is 24.5 Å². The number of hydrogen-bond acceptors (Lipinski definition) is 5. The molecule has 0 unspecified atom stereocenters. The van der Waals surface area contributed by atoms with E-state index in [1.165, 1.54) is 24.2 Å². The molecule has 1 aliphatic carbocycles. The molecule has 175 valence electrons. The Balaban J connectivity index is 1.34. The molecule has 5 rings (SSSR count). The fraction of sp³-hybridized carbons (Fsp3) is 0.154. The van der Waals surface area contributed by atoms with Crippen molar-refractivity contribution in [1.82, 2.24) is 0 Å². The smallest absolute Gasteiger partial charge is 0.335 e. The Morgan fingerprint density at radius 3 is 2.20 bits per heavy atom. The predicted molar refractivity (Wildman–Crippen MR) is 130 cm³/mol. The van der Waals surface area contributed by atoms with Crippen LogP contribution in [0.15, 0.2) is 83.5 Å². The summed E-state index contributed by atoms with van der Waals surface area (Å²) < 4.78 is 13.2. The van der Waals surface area contributed by atoms with Crippen LogP contribution in [0.2, 0.25) is 0 Å². The maximum absolute atomic E-state index is 13.2. The second kappa shape index (κ2) is 9.11. The highest BCUT2D eigenvalue weighted by Gasteiger charge is 2.36. The topological polar surface area (TPSA) is 102 Å². The molecule has 1 saturated carbocycles. The lowest BCUT2D eigenvalue weighted by molar-refractivity contribution is -1.20. The monoisotopic (exact) mass is 471 g/mol. The van der Waals surface area contributed by atoms with Crippen molar-refractivity contribution in [3.8, 4) is 11.1 Å². The van der Waals surface area contributed by atoms with Gasteiger partial charge in [0.2, 0.25) is 7.28 Å². The number of hydrogen-bond donors (Lipinski definition) is 4. The molecule has 1 radical (unpaired) electrons. The molecule has 1 heterocycles. The lowest BCUT2D eigenvalue weighted by Gasteiger charge is -2.29. The molecule has 4 N–H and O–H groups in total. The molecule has 0 saturated heterocycles. The fourth-order valence-electron chi connectivity index (χ4n) is 4.24. The summed E-state index contributed by atoms with van der Waals surface area (Å²) in [7, 11) is 1.68. The minimum Gasteiger partial charge on any atom is -0.478 e. The highest BCUT2D eigenvalue weighted by molar-refractivity contribution is 6.83. The molecule has 0 spiro atoms. The molecule has 7 nitrogen and oxygen atoms in total. The number of carboxylic acids is 1. The van der Waals surface area contributed by atoms with Crippen LogP contribution in [0.3, 0.4) is 0 Å².